The quantitative estimate of drug-likeness (QED) is 0.521. The van der Waals surface area contributed by atoms with Gasteiger partial charge in [-0.2, -0.15) is 0 Å². The summed E-state index contributed by atoms with van der Waals surface area (Å²) in [6.07, 6.45) is 0. The Morgan fingerprint density at radius 1 is 1.53 bits per heavy atom. The molecule has 0 aliphatic carbocycles. The van der Waals surface area contributed by atoms with Crippen molar-refractivity contribution in [3.63, 3.8) is 0 Å². The predicted molar refractivity (Wildman–Crippen MR) is 78.5 cm³/mol. The van der Waals surface area contributed by atoms with Gasteiger partial charge in [-0.1, -0.05) is 6.07 Å². The third-order valence-electron chi connectivity index (χ3n) is 2.25. The first kappa shape index (κ1) is 13.9. The van der Waals surface area contributed by atoms with Gasteiger partial charge in [-0.3, -0.25) is 0 Å². The van der Waals surface area contributed by atoms with Crippen molar-refractivity contribution in [1.29, 1.82) is 0 Å². The minimum absolute atomic E-state index is 0.354. The Balaban J connectivity index is 1.95. The molecule has 1 heterocycles. The summed E-state index contributed by atoms with van der Waals surface area (Å²) < 4.78 is 4.91. The van der Waals surface area contributed by atoms with E-state index < -0.39 is 0 Å². The van der Waals surface area contributed by atoms with Crippen LogP contribution in [0.4, 0.5) is 5.69 Å². The maximum Gasteiger partial charge on any atom is 0.367 e. The first-order valence-corrected chi connectivity index (χ1v) is 7.65. The molecule has 6 heteroatoms. The third kappa shape index (κ3) is 3.97. The largest absolute Gasteiger partial charge is 0.461 e. The highest BCUT2D eigenvalue weighted by Crippen LogP contribution is 2.25. The molecule has 0 bridgehead atoms. The van der Waals surface area contributed by atoms with Crippen molar-refractivity contribution in [2.75, 3.05) is 12.3 Å². The fourth-order valence-electron chi connectivity index (χ4n) is 1.42. The third-order valence-corrected chi connectivity index (χ3v) is 4.15. The molecule has 19 heavy (non-hydrogen) atoms. The maximum absolute atomic E-state index is 11.5. The smallest absolute Gasteiger partial charge is 0.367 e. The summed E-state index contributed by atoms with van der Waals surface area (Å²) in [5.74, 6) is 0.354. The fourth-order valence-corrected chi connectivity index (χ4v) is 3.09. The second kappa shape index (κ2) is 6.58. The molecule has 1 aromatic carbocycles. The number of benzene rings is 1. The normalized spacial score (nSPS) is 10.4. The van der Waals surface area contributed by atoms with E-state index in [0.717, 1.165) is 16.3 Å². The Morgan fingerprint density at radius 3 is 3.11 bits per heavy atom. The average Bonchev–Trinajstić information content (AvgIpc) is 2.86. The molecular formula is C13H14N2O2S2. The van der Waals surface area contributed by atoms with E-state index >= 15 is 0 Å². The van der Waals surface area contributed by atoms with Crippen LogP contribution in [0.3, 0.4) is 0 Å². The number of nitrogen functional groups attached to an aromatic ring is 1. The number of aromatic nitrogens is 1. The van der Waals surface area contributed by atoms with Crippen LogP contribution in [-0.4, -0.2) is 17.6 Å². The van der Waals surface area contributed by atoms with Gasteiger partial charge in [-0.05, 0) is 25.1 Å². The number of carbonyl (C=O) groups is 1. The molecule has 100 valence electrons. The lowest BCUT2D eigenvalue weighted by molar-refractivity contribution is 0.0525. The fraction of sp³-hybridized carbons (Fsp3) is 0.231. The van der Waals surface area contributed by atoms with Crippen LogP contribution in [0.15, 0.2) is 34.5 Å². The zero-order chi connectivity index (χ0) is 13.7. The molecule has 2 N–H and O–H groups in total. The predicted octanol–water partition coefficient (Wildman–Crippen LogP) is 3.19. The van der Waals surface area contributed by atoms with Gasteiger partial charge < -0.3 is 10.5 Å². The summed E-state index contributed by atoms with van der Waals surface area (Å²) in [6, 6.07) is 7.69. The average molecular weight is 294 g/mol. The van der Waals surface area contributed by atoms with Crippen LogP contribution in [0, 0.1) is 0 Å². The van der Waals surface area contributed by atoms with Crippen LogP contribution in [0.5, 0.6) is 0 Å². The van der Waals surface area contributed by atoms with Gasteiger partial charge in [0.2, 0.25) is 5.01 Å². The van der Waals surface area contributed by atoms with Gasteiger partial charge in [-0.15, -0.1) is 23.1 Å². The van der Waals surface area contributed by atoms with Crippen LogP contribution in [0.1, 0.15) is 22.4 Å². The second-order valence-electron chi connectivity index (χ2n) is 3.73. The van der Waals surface area contributed by atoms with Gasteiger partial charge in [0.1, 0.15) is 0 Å². The number of rotatable bonds is 5. The molecule has 0 aliphatic heterocycles. The lowest BCUT2D eigenvalue weighted by atomic mass is 10.3. The van der Waals surface area contributed by atoms with Crippen molar-refractivity contribution in [3.8, 4) is 0 Å². The minimum Gasteiger partial charge on any atom is -0.461 e. The Hall–Kier alpha value is -1.53. The Morgan fingerprint density at radius 2 is 2.37 bits per heavy atom. The molecule has 4 nitrogen and oxygen atoms in total. The van der Waals surface area contributed by atoms with Crippen LogP contribution in [0.2, 0.25) is 0 Å². The molecule has 0 atom stereocenters. The molecule has 0 radical (unpaired) electrons. The van der Waals surface area contributed by atoms with Gasteiger partial charge in [0.15, 0.2) is 0 Å². The van der Waals surface area contributed by atoms with Gasteiger partial charge in [-0.25, -0.2) is 9.78 Å². The topological polar surface area (TPSA) is 65.2 Å². The van der Waals surface area contributed by atoms with Crippen molar-refractivity contribution in [1.82, 2.24) is 4.98 Å². The summed E-state index contributed by atoms with van der Waals surface area (Å²) in [5, 5.41) is 2.29. The molecule has 0 spiro atoms. The van der Waals surface area contributed by atoms with Crippen LogP contribution >= 0.6 is 23.1 Å². The molecular weight excluding hydrogens is 280 g/mol. The van der Waals surface area contributed by atoms with Gasteiger partial charge in [0.05, 0.1) is 12.3 Å². The molecule has 2 rings (SSSR count). The van der Waals surface area contributed by atoms with E-state index in [9.17, 15) is 4.79 Å². The summed E-state index contributed by atoms with van der Waals surface area (Å²) in [6.45, 7) is 2.15. The van der Waals surface area contributed by atoms with E-state index in [1.807, 2.05) is 29.6 Å². The van der Waals surface area contributed by atoms with E-state index in [0.29, 0.717) is 17.4 Å². The Kier molecular flexibility index (Phi) is 4.81. The number of anilines is 1. The van der Waals surface area contributed by atoms with Crippen molar-refractivity contribution in [3.05, 3.63) is 40.3 Å². The molecule has 0 fully saturated rings. The maximum atomic E-state index is 11.5. The van der Waals surface area contributed by atoms with E-state index in [2.05, 4.69) is 4.98 Å². The van der Waals surface area contributed by atoms with Crippen molar-refractivity contribution < 1.29 is 9.53 Å². The number of esters is 1. The monoisotopic (exact) mass is 294 g/mol. The molecule has 0 aliphatic rings. The number of ether oxygens (including phenoxy) is 1. The number of thioether (sulfide) groups is 1. The van der Waals surface area contributed by atoms with Gasteiger partial charge in [0, 0.05) is 21.7 Å². The van der Waals surface area contributed by atoms with Crippen LogP contribution in [-0.2, 0) is 10.5 Å². The summed E-state index contributed by atoms with van der Waals surface area (Å²) in [4.78, 5) is 16.8. The first-order chi connectivity index (χ1) is 9.19. The molecule has 0 unspecified atom stereocenters. The van der Waals surface area contributed by atoms with Gasteiger partial charge >= 0.3 is 5.97 Å². The summed E-state index contributed by atoms with van der Waals surface area (Å²) in [5.41, 5.74) is 7.34. The zero-order valence-electron chi connectivity index (χ0n) is 10.5. The van der Waals surface area contributed by atoms with Crippen molar-refractivity contribution in [2.24, 2.45) is 0 Å². The minimum atomic E-state index is -0.354. The number of hydrogen-bond acceptors (Lipinski definition) is 6. The second-order valence-corrected chi connectivity index (χ2v) is 5.63. The number of carbonyl (C=O) groups excluding carboxylic acids is 1. The molecule has 0 saturated heterocycles. The highest BCUT2D eigenvalue weighted by molar-refractivity contribution is 7.98. The van der Waals surface area contributed by atoms with Gasteiger partial charge in [0.25, 0.3) is 0 Å². The van der Waals surface area contributed by atoms with E-state index in [-0.39, 0.29) is 5.97 Å². The highest BCUT2D eigenvalue weighted by atomic mass is 32.2. The van der Waals surface area contributed by atoms with E-state index in [4.69, 9.17) is 10.5 Å². The van der Waals surface area contributed by atoms with E-state index in [1.54, 1.807) is 18.7 Å². The van der Waals surface area contributed by atoms with Crippen molar-refractivity contribution >= 4 is 34.8 Å². The van der Waals surface area contributed by atoms with Crippen LogP contribution in [0.25, 0.3) is 0 Å². The first-order valence-electron chi connectivity index (χ1n) is 5.79. The Labute approximate surface area is 120 Å². The molecule has 0 saturated carbocycles. The number of nitrogens with zero attached hydrogens (tertiary/aromatic N) is 1. The Bertz CT molecular complexity index is 569. The molecule has 2 aromatic rings. The summed E-state index contributed by atoms with van der Waals surface area (Å²) in [7, 11) is 0. The number of thiazole rings is 1. The summed E-state index contributed by atoms with van der Waals surface area (Å²) >= 11 is 2.95. The van der Waals surface area contributed by atoms with Crippen LogP contribution < -0.4 is 5.73 Å². The number of nitrogens with two attached hydrogens (primary N) is 1. The number of hydrogen-bond donors (Lipinski definition) is 1. The van der Waals surface area contributed by atoms with E-state index in [1.165, 1.54) is 11.3 Å². The lowest BCUT2D eigenvalue weighted by Crippen LogP contribution is -2.03. The lowest BCUT2D eigenvalue weighted by Gasteiger charge is -2.00. The molecule has 1 aromatic heterocycles. The zero-order valence-corrected chi connectivity index (χ0v) is 12.1. The van der Waals surface area contributed by atoms with Crippen molar-refractivity contribution in [2.45, 2.75) is 17.6 Å². The molecule has 0 amide bonds. The highest BCUT2D eigenvalue weighted by Gasteiger charge is 2.11. The standard InChI is InChI=1S/C13H14N2O2S2/c1-2-17-13(16)12-15-10(8-19-12)7-18-11-5-3-4-9(14)6-11/h3-6,8H,2,7,14H2,1H3. The SMILES string of the molecule is CCOC(=O)c1nc(CSc2cccc(N)c2)cs1.